The lowest BCUT2D eigenvalue weighted by Gasteiger charge is -2.00. The molecule has 0 aromatic rings. The van der Waals surface area contributed by atoms with Crippen LogP contribution in [-0.2, 0) is 9.53 Å². The highest BCUT2D eigenvalue weighted by Gasteiger charge is 2.00. The molecule has 0 atom stereocenters. The summed E-state index contributed by atoms with van der Waals surface area (Å²) in [4.78, 5) is 22.3. The molecule has 0 aromatic heterocycles. The Labute approximate surface area is 52.5 Å². The Morgan fingerprint density at radius 3 is 2.56 bits per heavy atom. The van der Waals surface area contributed by atoms with Crippen LogP contribution < -0.4 is 0 Å². The lowest BCUT2D eigenvalue weighted by Crippen LogP contribution is -2.06. The van der Waals surface area contributed by atoms with Crippen LogP contribution in [0.3, 0.4) is 0 Å². The molecular weight excluding hydrogens is 122 g/mol. The van der Waals surface area contributed by atoms with Crippen molar-refractivity contribution in [3.8, 4) is 0 Å². The quantitative estimate of drug-likeness (QED) is 0.390. The SMILES string of the molecule is CC(C)OC(=O)N=C=O. The lowest BCUT2D eigenvalue weighted by atomic mass is 10.5. The van der Waals surface area contributed by atoms with Gasteiger partial charge in [0.1, 0.15) is 0 Å². The zero-order valence-electron chi connectivity index (χ0n) is 5.25. The van der Waals surface area contributed by atoms with Crippen molar-refractivity contribution in [1.29, 1.82) is 0 Å². The van der Waals surface area contributed by atoms with E-state index in [-0.39, 0.29) is 6.10 Å². The second-order valence-corrected chi connectivity index (χ2v) is 1.64. The highest BCUT2D eigenvalue weighted by Crippen LogP contribution is 1.89. The number of rotatable bonds is 1. The van der Waals surface area contributed by atoms with Gasteiger partial charge in [-0.05, 0) is 13.8 Å². The van der Waals surface area contributed by atoms with Crippen LogP contribution in [0.5, 0.6) is 0 Å². The molecule has 9 heavy (non-hydrogen) atoms. The van der Waals surface area contributed by atoms with Gasteiger partial charge < -0.3 is 4.74 Å². The summed E-state index contributed by atoms with van der Waals surface area (Å²) < 4.78 is 4.42. The maximum Gasteiger partial charge on any atom is 0.444 e. The van der Waals surface area contributed by atoms with E-state index in [1.165, 1.54) is 0 Å². The molecule has 0 aliphatic heterocycles. The van der Waals surface area contributed by atoms with Crippen molar-refractivity contribution >= 4 is 12.2 Å². The average molecular weight is 129 g/mol. The van der Waals surface area contributed by atoms with Crippen molar-refractivity contribution in [2.75, 3.05) is 0 Å². The number of carbonyl (C=O) groups is 1. The van der Waals surface area contributed by atoms with Crippen molar-refractivity contribution in [2.45, 2.75) is 20.0 Å². The van der Waals surface area contributed by atoms with E-state index in [1.54, 1.807) is 13.8 Å². The number of ether oxygens (including phenoxy) is 1. The number of carbonyl (C=O) groups excluding carboxylic acids is 2. The first-order chi connectivity index (χ1) is 4.16. The highest BCUT2D eigenvalue weighted by molar-refractivity contribution is 5.74. The monoisotopic (exact) mass is 129 g/mol. The second-order valence-electron chi connectivity index (χ2n) is 1.64. The molecule has 0 rings (SSSR count). The molecule has 0 radical (unpaired) electrons. The van der Waals surface area contributed by atoms with Crippen LogP contribution >= 0.6 is 0 Å². The summed E-state index contributed by atoms with van der Waals surface area (Å²) in [6, 6.07) is 0. The minimum Gasteiger partial charge on any atom is -0.445 e. The molecule has 0 fully saturated rings. The van der Waals surface area contributed by atoms with Gasteiger partial charge in [0.15, 0.2) is 0 Å². The van der Waals surface area contributed by atoms with Crippen molar-refractivity contribution in [3.05, 3.63) is 0 Å². The standard InChI is InChI=1S/C5H7NO3/c1-4(2)9-5(8)6-3-7/h4H,1-2H3. The maximum absolute atomic E-state index is 10.2. The fraction of sp³-hybridized carbons (Fsp3) is 0.600. The molecule has 0 bridgehead atoms. The molecule has 1 amide bonds. The topological polar surface area (TPSA) is 55.7 Å². The largest absolute Gasteiger partial charge is 0.445 e. The van der Waals surface area contributed by atoms with Gasteiger partial charge in [0, 0.05) is 0 Å². The van der Waals surface area contributed by atoms with Gasteiger partial charge in [0.25, 0.3) is 0 Å². The van der Waals surface area contributed by atoms with Gasteiger partial charge >= 0.3 is 6.09 Å². The fourth-order valence-corrected chi connectivity index (χ4v) is 0.265. The molecule has 0 aromatic carbocycles. The van der Waals surface area contributed by atoms with Crippen LogP contribution in [-0.4, -0.2) is 18.3 Å². The van der Waals surface area contributed by atoms with E-state index in [4.69, 9.17) is 0 Å². The van der Waals surface area contributed by atoms with Crippen molar-refractivity contribution in [2.24, 2.45) is 4.99 Å². The number of hydrogen-bond acceptors (Lipinski definition) is 3. The minimum atomic E-state index is -0.889. The Kier molecular flexibility index (Phi) is 3.32. The number of isocyanates is 1. The molecule has 0 heterocycles. The Balaban J connectivity index is 3.64. The molecule has 0 saturated carbocycles. The number of amides is 1. The van der Waals surface area contributed by atoms with Gasteiger partial charge in [-0.1, -0.05) is 4.99 Å². The first-order valence-electron chi connectivity index (χ1n) is 2.45. The van der Waals surface area contributed by atoms with E-state index in [1.807, 2.05) is 0 Å². The van der Waals surface area contributed by atoms with E-state index in [0.717, 1.165) is 6.08 Å². The Bertz CT molecular complexity index is 146. The van der Waals surface area contributed by atoms with Gasteiger partial charge in [-0.15, -0.1) is 0 Å². The summed E-state index contributed by atoms with van der Waals surface area (Å²) in [5, 5.41) is 0. The summed E-state index contributed by atoms with van der Waals surface area (Å²) in [5.74, 6) is 0. The molecule has 0 spiro atoms. The Hall–Kier alpha value is -1.15. The normalized spacial score (nSPS) is 8.33. The van der Waals surface area contributed by atoms with Gasteiger partial charge in [0.2, 0.25) is 6.08 Å². The molecule has 50 valence electrons. The number of nitrogens with zero attached hydrogens (tertiary/aromatic N) is 1. The maximum atomic E-state index is 10.2. The van der Waals surface area contributed by atoms with E-state index in [9.17, 15) is 9.59 Å². The highest BCUT2D eigenvalue weighted by atomic mass is 16.6. The summed E-state index contributed by atoms with van der Waals surface area (Å²) in [5.41, 5.74) is 0. The zero-order chi connectivity index (χ0) is 7.28. The Morgan fingerprint density at radius 1 is 1.67 bits per heavy atom. The molecular formula is C5H7NO3. The number of hydrogen-bond donors (Lipinski definition) is 0. The van der Waals surface area contributed by atoms with E-state index >= 15 is 0 Å². The average Bonchev–Trinajstić information content (AvgIpc) is 1.63. The fourth-order valence-electron chi connectivity index (χ4n) is 0.265. The number of aliphatic imine (C=N–C) groups is 1. The third-order valence-electron chi connectivity index (χ3n) is 0.473. The van der Waals surface area contributed by atoms with Crippen LogP contribution in [0.1, 0.15) is 13.8 Å². The van der Waals surface area contributed by atoms with E-state index in [0.29, 0.717) is 0 Å². The third-order valence-corrected chi connectivity index (χ3v) is 0.473. The predicted molar refractivity (Wildman–Crippen MR) is 29.7 cm³/mol. The zero-order valence-corrected chi connectivity index (χ0v) is 5.25. The Morgan fingerprint density at radius 2 is 2.22 bits per heavy atom. The van der Waals surface area contributed by atoms with Crippen molar-refractivity contribution < 1.29 is 14.3 Å². The van der Waals surface area contributed by atoms with Crippen LogP contribution in [0.25, 0.3) is 0 Å². The smallest absolute Gasteiger partial charge is 0.444 e. The molecule has 0 unspecified atom stereocenters. The molecule has 4 heteroatoms. The molecule has 0 aliphatic rings. The predicted octanol–water partition coefficient (Wildman–Crippen LogP) is 0.867. The van der Waals surface area contributed by atoms with Crippen LogP contribution in [0, 0.1) is 0 Å². The lowest BCUT2D eigenvalue weighted by molar-refractivity contribution is 0.126. The first kappa shape index (κ1) is 7.85. The molecule has 0 saturated heterocycles. The van der Waals surface area contributed by atoms with Crippen LogP contribution in [0.4, 0.5) is 4.79 Å². The van der Waals surface area contributed by atoms with E-state index < -0.39 is 6.09 Å². The summed E-state index contributed by atoms with van der Waals surface area (Å²) in [6.07, 6.45) is -0.0567. The minimum absolute atomic E-state index is 0.241. The summed E-state index contributed by atoms with van der Waals surface area (Å²) >= 11 is 0. The van der Waals surface area contributed by atoms with Crippen LogP contribution in [0.2, 0.25) is 0 Å². The second kappa shape index (κ2) is 3.80. The van der Waals surface area contributed by atoms with Gasteiger partial charge in [-0.25, -0.2) is 9.59 Å². The van der Waals surface area contributed by atoms with Gasteiger partial charge in [-0.3, -0.25) is 0 Å². The molecule has 0 aliphatic carbocycles. The third kappa shape index (κ3) is 4.71. The molecule has 4 nitrogen and oxygen atoms in total. The van der Waals surface area contributed by atoms with Crippen molar-refractivity contribution in [3.63, 3.8) is 0 Å². The van der Waals surface area contributed by atoms with Crippen LogP contribution in [0.15, 0.2) is 4.99 Å². The molecule has 0 N–H and O–H groups in total. The van der Waals surface area contributed by atoms with Gasteiger partial charge in [0.05, 0.1) is 6.10 Å². The van der Waals surface area contributed by atoms with Gasteiger partial charge in [-0.2, -0.15) is 0 Å². The first-order valence-corrected chi connectivity index (χ1v) is 2.45. The summed E-state index contributed by atoms with van der Waals surface area (Å²) in [6.45, 7) is 3.33. The van der Waals surface area contributed by atoms with Crippen molar-refractivity contribution in [1.82, 2.24) is 0 Å². The van der Waals surface area contributed by atoms with E-state index in [2.05, 4.69) is 9.73 Å². The summed E-state index contributed by atoms with van der Waals surface area (Å²) in [7, 11) is 0.